The van der Waals surface area contributed by atoms with Crippen LogP contribution in [-0.4, -0.2) is 6.54 Å². The van der Waals surface area contributed by atoms with Gasteiger partial charge in [0.1, 0.15) is 12.4 Å². The zero-order valence-electron chi connectivity index (χ0n) is 15.6. The molecule has 3 rings (SSSR count). The summed E-state index contributed by atoms with van der Waals surface area (Å²) in [5.74, 6) is 1.24. The Bertz CT molecular complexity index is 825. The maximum atomic E-state index is 6.09. The van der Waals surface area contributed by atoms with Gasteiger partial charge in [-0.15, -0.1) is 0 Å². The van der Waals surface area contributed by atoms with Crippen molar-refractivity contribution in [2.75, 3.05) is 6.54 Å². The van der Waals surface area contributed by atoms with Gasteiger partial charge in [0.15, 0.2) is 0 Å². The van der Waals surface area contributed by atoms with Crippen molar-refractivity contribution < 1.29 is 4.74 Å². The molecule has 0 aliphatic heterocycles. The first-order chi connectivity index (χ1) is 12.7. The van der Waals surface area contributed by atoms with Gasteiger partial charge in [-0.25, -0.2) is 0 Å². The van der Waals surface area contributed by atoms with Crippen LogP contribution in [0.4, 0.5) is 0 Å². The molecule has 3 aromatic rings. The Kier molecular flexibility index (Phi) is 6.08. The quantitative estimate of drug-likeness (QED) is 0.641. The van der Waals surface area contributed by atoms with Gasteiger partial charge < -0.3 is 10.5 Å². The molecular weight excluding hydrogens is 318 g/mol. The molecule has 0 bridgehead atoms. The molecule has 0 aliphatic carbocycles. The van der Waals surface area contributed by atoms with E-state index >= 15 is 0 Å². The van der Waals surface area contributed by atoms with Gasteiger partial charge in [-0.2, -0.15) is 0 Å². The van der Waals surface area contributed by atoms with Crippen LogP contribution in [0.2, 0.25) is 0 Å². The second kappa shape index (κ2) is 8.68. The van der Waals surface area contributed by atoms with Crippen LogP contribution in [0.15, 0.2) is 72.8 Å². The molecule has 134 valence electrons. The Hall–Kier alpha value is -2.58. The Labute approximate surface area is 156 Å². The van der Waals surface area contributed by atoms with E-state index in [4.69, 9.17) is 10.5 Å². The summed E-state index contributed by atoms with van der Waals surface area (Å²) in [6.45, 7) is 5.54. The van der Waals surface area contributed by atoms with Crippen LogP contribution in [0.5, 0.6) is 5.75 Å². The molecule has 0 spiro atoms. The summed E-state index contributed by atoms with van der Waals surface area (Å²) in [5.41, 5.74) is 12.5. The number of hydrogen-bond acceptors (Lipinski definition) is 2. The molecule has 26 heavy (non-hydrogen) atoms. The highest BCUT2D eigenvalue weighted by atomic mass is 16.5. The smallest absolute Gasteiger partial charge is 0.119 e. The van der Waals surface area contributed by atoms with Crippen molar-refractivity contribution in [3.8, 4) is 5.75 Å². The van der Waals surface area contributed by atoms with Crippen molar-refractivity contribution in [3.63, 3.8) is 0 Å². The van der Waals surface area contributed by atoms with E-state index in [2.05, 4.69) is 68.4 Å². The molecule has 0 heterocycles. The number of rotatable bonds is 7. The predicted octanol–water partition coefficient (Wildman–Crippen LogP) is 5.17. The molecule has 1 atom stereocenters. The van der Waals surface area contributed by atoms with Gasteiger partial charge in [0.25, 0.3) is 0 Å². The second-order valence-electron chi connectivity index (χ2n) is 6.92. The summed E-state index contributed by atoms with van der Waals surface area (Å²) in [4.78, 5) is 0. The molecule has 0 amide bonds. The lowest BCUT2D eigenvalue weighted by molar-refractivity contribution is 0.306. The van der Waals surface area contributed by atoms with Crippen LogP contribution in [-0.2, 0) is 13.0 Å². The lowest BCUT2D eigenvalue weighted by Crippen LogP contribution is -2.16. The van der Waals surface area contributed by atoms with Crippen LogP contribution in [0.3, 0.4) is 0 Å². The third-order valence-corrected chi connectivity index (χ3v) is 4.81. The Morgan fingerprint density at radius 1 is 0.846 bits per heavy atom. The number of nitrogens with two attached hydrogens (primary N) is 1. The van der Waals surface area contributed by atoms with Crippen LogP contribution in [0, 0.1) is 13.8 Å². The normalized spacial score (nSPS) is 12.0. The lowest BCUT2D eigenvalue weighted by atomic mass is 9.88. The third-order valence-electron chi connectivity index (χ3n) is 4.81. The summed E-state index contributed by atoms with van der Waals surface area (Å²) in [6, 6.07) is 25.2. The van der Waals surface area contributed by atoms with E-state index < -0.39 is 0 Å². The second-order valence-corrected chi connectivity index (χ2v) is 6.92. The maximum Gasteiger partial charge on any atom is 0.119 e. The van der Waals surface area contributed by atoms with E-state index in [9.17, 15) is 0 Å². The molecule has 1 unspecified atom stereocenters. The van der Waals surface area contributed by atoms with Crippen LogP contribution in [0.1, 0.15) is 33.7 Å². The minimum absolute atomic E-state index is 0.339. The monoisotopic (exact) mass is 345 g/mol. The molecule has 2 heteroatoms. The van der Waals surface area contributed by atoms with Crippen molar-refractivity contribution in [3.05, 3.63) is 101 Å². The number of benzene rings is 3. The molecule has 0 fully saturated rings. The van der Waals surface area contributed by atoms with Crippen LogP contribution < -0.4 is 10.5 Å². The highest BCUT2D eigenvalue weighted by molar-refractivity contribution is 5.36. The average Bonchev–Trinajstić information content (AvgIpc) is 2.68. The summed E-state index contributed by atoms with van der Waals surface area (Å²) in [5, 5.41) is 0. The molecule has 0 aromatic heterocycles. The molecule has 0 radical (unpaired) electrons. The van der Waals surface area contributed by atoms with Crippen molar-refractivity contribution in [1.82, 2.24) is 0 Å². The molecule has 0 saturated carbocycles. The SMILES string of the molecule is Cc1ccc(C)c(C(CN)Cc2ccc(OCc3ccccc3)cc2)c1. The Balaban J connectivity index is 1.65. The van der Waals surface area contributed by atoms with Gasteiger partial charge in [-0.1, -0.05) is 66.2 Å². The van der Waals surface area contributed by atoms with Gasteiger partial charge >= 0.3 is 0 Å². The van der Waals surface area contributed by atoms with Gasteiger partial charge in [-0.3, -0.25) is 0 Å². The standard InChI is InChI=1S/C24H27NO/c1-18-8-9-19(2)24(14-18)22(16-25)15-20-10-12-23(13-11-20)26-17-21-6-4-3-5-7-21/h3-14,22H,15-17,25H2,1-2H3. The molecule has 2 N–H and O–H groups in total. The summed E-state index contributed by atoms with van der Waals surface area (Å²) in [6.07, 6.45) is 0.944. The largest absolute Gasteiger partial charge is 0.489 e. The van der Waals surface area contributed by atoms with E-state index in [0.717, 1.165) is 12.2 Å². The van der Waals surface area contributed by atoms with Gasteiger partial charge in [0.05, 0.1) is 0 Å². The summed E-state index contributed by atoms with van der Waals surface area (Å²) in [7, 11) is 0. The fourth-order valence-corrected chi connectivity index (χ4v) is 3.27. The zero-order chi connectivity index (χ0) is 18.4. The molecule has 0 aliphatic rings. The maximum absolute atomic E-state index is 6.09. The lowest BCUT2D eigenvalue weighted by Gasteiger charge is -2.19. The molecular formula is C24H27NO. The highest BCUT2D eigenvalue weighted by Crippen LogP contribution is 2.25. The Morgan fingerprint density at radius 2 is 1.58 bits per heavy atom. The van der Waals surface area contributed by atoms with Gasteiger partial charge in [-0.05, 0) is 61.2 Å². The predicted molar refractivity (Wildman–Crippen MR) is 109 cm³/mol. The fraction of sp³-hybridized carbons (Fsp3) is 0.250. The number of aryl methyl sites for hydroxylation is 2. The van der Waals surface area contributed by atoms with E-state index in [0.29, 0.717) is 19.1 Å². The minimum Gasteiger partial charge on any atom is -0.489 e. The summed E-state index contributed by atoms with van der Waals surface area (Å²) >= 11 is 0. The minimum atomic E-state index is 0.339. The molecule has 2 nitrogen and oxygen atoms in total. The number of ether oxygens (including phenoxy) is 1. The van der Waals surface area contributed by atoms with Gasteiger partial charge in [0.2, 0.25) is 0 Å². The van der Waals surface area contributed by atoms with Crippen molar-refractivity contribution in [2.24, 2.45) is 5.73 Å². The molecule has 0 saturated heterocycles. The van der Waals surface area contributed by atoms with E-state index in [1.165, 1.54) is 27.8 Å². The van der Waals surface area contributed by atoms with E-state index in [1.54, 1.807) is 0 Å². The zero-order valence-corrected chi connectivity index (χ0v) is 15.6. The first-order valence-electron chi connectivity index (χ1n) is 9.18. The van der Waals surface area contributed by atoms with E-state index in [1.807, 2.05) is 18.2 Å². The van der Waals surface area contributed by atoms with Crippen LogP contribution in [0.25, 0.3) is 0 Å². The third kappa shape index (κ3) is 4.74. The van der Waals surface area contributed by atoms with Crippen LogP contribution >= 0.6 is 0 Å². The van der Waals surface area contributed by atoms with E-state index in [-0.39, 0.29) is 0 Å². The molecule has 3 aromatic carbocycles. The fourth-order valence-electron chi connectivity index (χ4n) is 3.27. The topological polar surface area (TPSA) is 35.2 Å². The first kappa shape index (κ1) is 18.2. The first-order valence-corrected chi connectivity index (χ1v) is 9.18. The van der Waals surface area contributed by atoms with Crippen molar-refractivity contribution in [2.45, 2.75) is 32.8 Å². The Morgan fingerprint density at radius 3 is 2.27 bits per heavy atom. The highest BCUT2D eigenvalue weighted by Gasteiger charge is 2.13. The van der Waals surface area contributed by atoms with Crippen molar-refractivity contribution in [1.29, 1.82) is 0 Å². The van der Waals surface area contributed by atoms with Gasteiger partial charge in [0, 0.05) is 5.92 Å². The summed E-state index contributed by atoms with van der Waals surface area (Å²) < 4.78 is 5.87. The van der Waals surface area contributed by atoms with Crippen molar-refractivity contribution >= 4 is 0 Å². The number of hydrogen-bond donors (Lipinski definition) is 1. The average molecular weight is 345 g/mol.